The van der Waals surface area contributed by atoms with E-state index in [2.05, 4.69) is 13.0 Å². The van der Waals surface area contributed by atoms with Crippen LogP contribution in [-0.4, -0.2) is 12.1 Å². The first-order valence-electron chi connectivity index (χ1n) is 5.83. The van der Waals surface area contributed by atoms with E-state index in [1.807, 2.05) is 0 Å². The molecular weight excluding hydrogens is 190 g/mol. The van der Waals surface area contributed by atoms with Crippen molar-refractivity contribution in [3.63, 3.8) is 0 Å². The minimum atomic E-state index is -0.0651. The van der Waals surface area contributed by atoms with Crippen molar-refractivity contribution in [3.05, 3.63) is 0 Å². The molecule has 0 bridgehead atoms. The van der Waals surface area contributed by atoms with Crippen LogP contribution in [0.15, 0.2) is 0 Å². The predicted molar refractivity (Wildman–Crippen MR) is 54.7 cm³/mol. The average molecular weight is 207 g/mol. The molecule has 0 aromatic carbocycles. The number of carbonyl (C=O) groups excluding carboxylic acids is 1. The van der Waals surface area contributed by atoms with E-state index in [1.54, 1.807) is 0 Å². The molecule has 15 heavy (non-hydrogen) atoms. The van der Waals surface area contributed by atoms with E-state index in [1.165, 1.54) is 0 Å². The monoisotopic (exact) mass is 207 g/mol. The molecule has 2 rings (SSSR count). The molecule has 3 heteroatoms. The second kappa shape index (κ2) is 4.22. The summed E-state index contributed by atoms with van der Waals surface area (Å²) in [7, 11) is 0. The van der Waals surface area contributed by atoms with Gasteiger partial charge in [0.15, 0.2) is 0 Å². The van der Waals surface area contributed by atoms with Gasteiger partial charge in [0.25, 0.3) is 0 Å². The van der Waals surface area contributed by atoms with E-state index in [0.717, 1.165) is 25.7 Å². The van der Waals surface area contributed by atoms with E-state index < -0.39 is 0 Å². The van der Waals surface area contributed by atoms with E-state index in [-0.39, 0.29) is 18.0 Å². The summed E-state index contributed by atoms with van der Waals surface area (Å²) in [6, 6.07) is 2.35. The van der Waals surface area contributed by atoms with Crippen LogP contribution in [0.5, 0.6) is 0 Å². The zero-order valence-electron chi connectivity index (χ0n) is 9.11. The maximum absolute atomic E-state index is 11.2. The van der Waals surface area contributed by atoms with Gasteiger partial charge in [-0.2, -0.15) is 5.26 Å². The summed E-state index contributed by atoms with van der Waals surface area (Å²) in [5, 5.41) is 8.99. The molecule has 0 N–H and O–H groups in total. The van der Waals surface area contributed by atoms with Gasteiger partial charge in [-0.3, -0.25) is 4.79 Å². The third-order valence-electron chi connectivity index (χ3n) is 3.64. The largest absolute Gasteiger partial charge is 0.462 e. The summed E-state index contributed by atoms with van der Waals surface area (Å²) in [5.41, 5.74) is 0. The van der Waals surface area contributed by atoms with Crippen molar-refractivity contribution in [2.45, 2.75) is 45.1 Å². The molecule has 0 aromatic rings. The van der Waals surface area contributed by atoms with Crippen LogP contribution < -0.4 is 0 Å². The van der Waals surface area contributed by atoms with Gasteiger partial charge in [-0.15, -0.1) is 0 Å². The summed E-state index contributed by atoms with van der Waals surface area (Å²) in [4.78, 5) is 11.2. The van der Waals surface area contributed by atoms with Gasteiger partial charge in [-0.25, -0.2) is 0 Å². The summed E-state index contributed by atoms with van der Waals surface area (Å²) >= 11 is 0. The first kappa shape index (κ1) is 10.5. The Hall–Kier alpha value is -1.04. The van der Waals surface area contributed by atoms with Crippen LogP contribution in [0.2, 0.25) is 0 Å². The van der Waals surface area contributed by atoms with Gasteiger partial charge in [0.1, 0.15) is 6.10 Å². The van der Waals surface area contributed by atoms with Crippen LogP contribution in [0, 0.1) is 29.1 Å². The van der Waals surface area contributed by atoms with Crippen LogP contribution in [0.25, 0.3) is 0 Å². The Kier molecular flexibility index (Phi) is 2.95. The molecule has 82 valence electrons. The molecule has 0 aromatic heterocycles. The fourth-order valence-corrected chi connectivity index (χ4v) is 3.04. The predicted octanol–water partition coefficient (Wildman–Crippen LogP) is 2.27. The van der Waals surface area contributed by atoms with Crippen molar-refractivity contribution >= 4 is 5.97 Å². The first-order chi connectivity index (χ1) is 7.24. The molecule has 1 heterocycles. The number of rotatable bonds is 2. The number of ether oxygens (including phenoxy) is 1. The van der Waals surface area contributed by atoms with E-state index in [9.17, 15) is 4.79 Å². The van der Waals surface area contributed by atoms with Crippen molar-refractivity contribution < 1.29 is 9.53 Å². The Balaban J connectivity index is 2.09. The highest BCUT2D eigenvalue weighted by molar-refractivity contribution is 5.72. The van der Waals surface area contributed by atoms with Gasteiger partial charge in [-0.05, 0) is 25.2 Å². The van der Waals surface area contributed by atoms with Gasteiger partial charge >= 0.3 is 5.97 Å². The standard InChI is InChI=1S/C12H17NO2/c1-2-3-9-4-8(7-13)5-10-6-11(14)15-12(9)10/h8-10,12H,2-6H2,1H3. The molecule has 1 aliphatic carbocycles. The third-order valence-corrected chi connectivity index (χ3v) is 3.64. The Morgan fingerprint density at radius 1 is 1.53 bits per heavy atom. The highest BCUT2D eigenvalue weighted by Crippen LogP contribution is 2.42. The van der Waals surface area contributed by atoms with E-state index >= 15 is 0 Å². The molecule has 1 aliphatic heterocycles. The normalized spacial score (nSPS) is 39.3. The molecule has 4 atom stereocenters. The summed E-state index contributed by atoms with van der Waals surface area (Å²) in [6.45, 7) is 2.14. The van der Waals surface area contributed by atoms with Gasteiger partial charge in [0.05, 0.1) is 12.5 Å². The molecular formula is C12H17NO2. The molecule has 1 saturated heterocycles. The average Bonchev–Trinajstić information content (AvgIpc) is 2.58. The van der Waals surface area contributed by atoms with Crippen molar-refractivity contribution in [2.24, 2.45) is 17.8 Å². The van der Waals surface area contributed by atoms with Gasteiger partial charge in [0.2, 0.25) is 0 Å². The number of nitriles is 1. The summed E-state index contributed by atoms with van der Waals surface area (Å²) in [5.74, 6) is 0.805. The minimum absolute atomic E-state index is 0.0651. The lowest BCUT2D eigenvalue weighted by molar-refractivity contribution is -0.144. The fourth-order valence-electron chi connectivity index (χ4n) is 3.04. The third kappa shape index (κ3) is 1.99. The quantitative estimate of drug-likeness (QED) is 0.653. The highest BCUT2D eigenvalue weighted by Gasteiger charge is 2.44. The molecule has 4 unspecified atom stereocenters. The summed E-state index contributed by atoms with van der Waals surface area (Å²) in [6.07, 6.45) is 4.59. The minimum Gasteiger partial charge on any atom is -0.462 e. The van der Waals surface area contributed by atoms with Gasteiger partial charge in [-0.1, -0.05) is 13.3 Å². The first-order valence-corrected chi connectivity index (χ1v) is 5.83. The van der Waals surface area contributed by atoms with Crippen molar-refractivity contribution in [1.82, 2.24) is 0 Å². The zero-order valence-corrected chi connectivity index (χ0v) is 9.11. The van der Waals surface area contributed by atoms with Crippen molar-refractivity contribution in [3.8, 4) is 6.07 Å². The van der Waals surface area contributed by atoms with Crippen LogP contribution in [0.1, 0.15) is 39.0 Å². The van der Waals surface area contributed by atoms with Gasteiger partial charge in [0, 0.05) is 11.8 Å². The van der Waals surface area contributed by atoms with Crippen LogP contribution in [-0.2, 0) is 9.53 Å². The maximum Gasteiger partial charge on any atom is 0.306 e. The molecule has 2 fully saturated rings. The number of esters is 1. The van der Waals surface area contributed by atoms with Gasteiger partial charge < -0.3 is 4.74 Å². The van der Waals surface area contributed by atoms with Crippen LogP contribution >= 0.6 is 0 Å². The lowest BCUT2D eigenvalue weighted by atomic mass is 9.72. The number of fused-ring (bicyclic) bond motifs is 1. The van der Waals surface area contributed by atoms with Crippen LogP contribution in [0.3, 0.4) is 0 Å². The molecule has 2 aliphatic rings. The fraction of sp³-hybridized carbons (Fsp3) is 0.833. The zero-order chi connectivity index (χ0) is 10.8. The Morgan fingerprint density at radius 3 is 3.00 bits per heavy atom. The molecule has 0 amide bonds. The molecule has 0 spiro atoms. The second-order valence-electron chi connectivity index (χ2n) is 4.76. The second-order valence-corrected chi connectivity index (χ2v) is 4.76. The topological polar surface area (TPSA) is 50.1 Å². The lowest BCUT2D eigenvalue weighted by Gasteiger charge is -2.34. The van der Waals surface area contributed by atoms with Crippen LogP contribution in [0.4, 0.5) is 0 Å². The van der Waals surface area contributed by atoms with Crippen molar-refractivity contribution in [2.75, 3.05) is 0 Å². The smallest absolute Gasteiger partial charge is 0.306 e. The Labute approximate surface area is 90.4 Å². The number of hydrogen-bond acceptors (Lipinski definition) is 3. The number of carbonyl (C=O) groups is 1. The SMILES string of the molecule is CCCC1CC(C#N)CC2CC(=O)OC12. The van der Waals surface area contributed by atoms with Crippen molar-refractivity contribution in [1.29, 1.82) is 5.26 Å². The molecule has 1 saturated carbocycles. The molecule has 0 radical (unpaired) electrons. The van der Waals surface area contributed by atoms with E-state index in [4.69, 9.17) is 10.00 Å². The maximum atomic E-state index is 11.2. The molecule has 3 nitrogen and oxygen atoms in total. The Bertz CT molecular complexity index is 294. The number of hydrogen-bond donors (Lipinski definition) is 0. The number of nitrogens with zero attached hydrogens (tertiary/aromatic N) is 1. The van der Waals surface area contributed by atoms with E-state index in [0.29, 0.717) is 18.3 Å². The Morgan fingerprint density at radius 2 is 2.33 bits per heavy atom. The summed E-state index contributed by atoms with van der Waals surface area (Å²) < 4.78 is 5.37. The highest BCUT2D eigenvalue weighted by atomic mass is 16.6. The lowest BCUT2D eigenvalue weighted by Crippen LogP contribution is -2.34.